The molecular formula is C3H4N2O4. The van der Waals surface area contributed by atoms with Crippen molar-refractivity contribution in [1.82, 2.24) is 10.1 Å². The highest BCUT2D eigenvalue weighted by atomic mass is 16.5. The second kappa shape index (κ2) is 2.00. The van der Waals surface area contributed by atoms with Crippen LogP contribution in [0.1, 0.15) is 12.1 Å². The van der Waals surface area contributed by atoms with Gasteiger partial charge in [0.1, 0.15) is 0 Å². The van der Waals surface area contributed by atoms with E-state index < -0.39 is 12.0 Å². The summed E-state index contributed by atoms with van der Waals surface area (Å²) in [5, 5.41) is 19.6. The maximum atomic E-state index is 10.1. The molecule has 1 rings (SSSR count). The molecule has 0 atom stereocenters. The second-order valence-corrected chi connectivity index (χ2v) is 1.35. The standard InChI is InChI=1S/C3H4N2O4/c6-2(7)1-4-3(8)9-5-1/h2,6-7H,(H,4,5,8). The van der Waals surface area contributed by atoms with Gasteiger partial charge in [0.15, 0.2) is 0 Å². The van der Waals surface area contributed by atoms with Crippen LogP contribution >= 0.6 is 0 Å². The van der Waals surface area contributed by atoms with Gasteiger partial charge in [0.2, 0.25) is 12.1 Å². The minimum absolute atomic E-state index is 0.292. The maximum absolute atomic E-state index is 10.1. The first-order valence-electron chi connectivity index (χ1n) is 2.12. The van der Waals surface area contributed by atoms with E-state index in [0.29, 0.717) is 0 Å². The number of aliphatic hydroxyl groups excluding tert-OH is 1. The fourth-order valence-corrected chi connectivity index (χ4v) is 0.353. The third-order valence-electron chi connectivity index (χ3n) is 0.702. The van der Waals surface area contributed by atoms with E-state index in [1.54, 1.807) is 0 Å². The predicted octanol–water partition coefficient (Wildman–Crippen LogP) is -1.65. The first kappa shape index (κ1) is 5.99. The smallest absolute Gasteiger partial charge is 0.362 e. The Hall–Kier alpha value is -1.14. The quantitative estimate of drug-likeness (QED) is 0.397. The lowest BCUT2D eigenvalue weighted by Gasteiger charge is -1.90. The summed E-state index contributed by atoms with van der Waals surface area (Å²) in [6, 6.07) is 0. The zero-order valence-corrected chi connectivity index (χ0v) is 4.24. The number of aromatic nitrogens is 2. The lowest BCUT2D eigenvalue weighted by atomic mass is 10.6. The van der Waals surface area contributed by atoms with Gasteiger partial charge in [0.25, 0.3) is 0 Å². The molecule has 0 aliphatic heterocycles. The summed E-state index contributed by atoms with van der Waals surface area (Å²) in [6.45, 7) is 0. The van der Waals surface area contributed by atoms with Gasteiger partial charge in [-0.25, -0.2) is 4.79 Å². The van der Waals surface area contributed by atoms with Gasteiger partial charge in [-0.15, -0.1) is 0 Å². The summed E-state index contributed by atoms with van der Waals surface area (Å²) in [5.74, 6) is -1.10. The normalized spacial score (nSPS) is 10.6. The average molecular weight is 132 g/mol. The minimum atomic E-state index is -1.78. The topological polar surface area (TPSA) is 99.4 Å². The molecule has 0 saturated heterocycles. The fourth-order valence-electron chi connectivity index (χ4n) is 0.353. The molecule has 0 aliphatic carbocycles. The Morgan fingerprint density at radius 2 is 2.33 bits per heavy atom. The van der Waals surface area contributed by atoms with Crippen LogP contribution in [0.15, 0.2) is 9.32 Å². The maximum Gasteiger partial charge on any atom is 0.439 e. The number of H-pyrrole nitrogens is 1. The molecule has 0 radical (unpaired) electrons. The summed E-state index contributed by atoms with van der Waals surface area (Å²) < 4.78 is 3.94. The third kappa shape index (κ3) is 1.15. The van der Waals surface area contributed by atoms with Crippen molar-refractivity contribution in [3.05, 3.63) is 16.4 Å². The van der Waals surface area contributed by atoms with E-state index in [-0.39, 0.29) is 5.82 Å². The van der Waals surface area contributed by atoms with Crippen LogP contribution in [0.5, 0.6) is 0 Å². The van der Waals surface area contributed by atoms with E-state index in [1.807, 2.05) is 4.98 Å². The van der Waals surface area contributed by atoms with E-state index in [9.17, 15) is 4.79 Å². The average Bonchev–Trinajstić information content (AvgIpc) is 2.14. The zero-order valence-electron chi connectivity index (χ0n) is 4.24. The second-order valence-electron chi connectivity index (χ2n) is 1.35. The van der Waals surface area contributed by atoms with Crippen LogP contribution in [-0.4, -0.2) is 20.4 Å². The van der Waals surface area contributed by atoms with Crippen molar-refractivity contribution >= 4 is 0 Å². The summed E-state index contributed by atoms with van der Waals surface area (Å²) in [5.41, 5.74) is 0. The van der Waals surface area contributed by atoms with Gasteiger partial charge in [-0.05, 0) is 0 Å². The molecule has 0 bridgehead atoms. The van der Waals surface area contributed by atoms with Crippen molar-refractivity contribution in [2.75, 3.05) is 0 Å². The molecule has 0 unspecified atom stereocenters. The summed E-state index contributed by atoms with van der Waals surface area (Å²) >= 11 is 0. The number of rotatable bonds is 1. The molecule has 0 aromatic carbocycles. The molecule has 0 amide bonds. The van der Waals surface area contributed by atoms with E-state index in [0.717, 1.165) is 0 Å². The molecule has 1 aromatic rings. The Kier molecular flexibility index (Phi) is 1.33. The predicted molar refractivity (Wildman–Crippen MR) is 24.3 cm³/mol. The van der Waals surface area contributed by atoms with Gasteiger partial charge in [0.05, 0.1) is 0 Å². The Morgan fingerprint density at radius 3 is 2.56 bits per heavy atom. The van der Waals surface area contributed by atoms with Gasteiger partial charge in [0, 0.05) is 0 Å². The fraction of sp³-hybridized carbons (Fsp3) is 0.333. The molecule has 0 aliphatic rings. The van der Waals surface area contributed by atoms with Crippen molar-refractivity contribution in [1.29, 1.82) is 0 Å². The van der Waals surface area contributed by atoms with Gasteiger partial charge < -0.3 is 10.2 Å². The van der Waals surface area contributed by atoms with E-state index in [1.165, 1.54) is 0 Å². The summed E-state index contributed by atoms with van der Waals surface area (Å²) in [6.07, 6.45) is -1.78. The van der Waals surface area contributed by atoms with Crippen molar-refractivity contribution in [3.8, 4) is 0 Å². The SMILES string of the molecule is O=c1[nH]c(C(O)O)no1. The number of aliphatic hydroxyl groups is 2. The molecule has 6 heteroatoms. The van der Waals surface area contributed by atoms with Crippen molar-refractivity contribution in [2.45, 2.75) is 6.29 Å². The first-order chi connectivity index (χ1) is 4.20. The van der Waals surface area contributed by atoms with E-state index >= 15 is 0 Å². The molecule has 50 valence electrons. The van der Waals surface area contributed by atoms with Crippen LogP contribution in [0.2, 0.25) is 0 Å². The molecule has 6 nitrogen and oxygen atoms in total. The van der Waals surface area contributed by atoms with Crippen LogP contribution < -0.4 is 5.76 Å². The number of hydrogen-bond acceptors (Lipinski definition) is 5. The molecule has 0 saturated carbocycles. The molecule has 3 N–H and O–H groups in total. The summed E-state index contributed by atoms with van der Waals surface area (Å²) in [7, 11) is 0. The lowest BCUT2D eigenvalue weighted by Crippen LogP contribution is -2.01. The number of nitrogens with one attached hydrogen (secondary N) is 1. The Bertz CT molecular complexity index is 236. The van der Waals surface area contributed by atoms with Crippen molar-refractivity contribution < 1.29 is 14.7 Å². The molecular weight excluding hydrogens is 128 g/mol. The monoisotopic (exact) mass is 132 g/mol. The molecule has 9 heavy (non-hydrogen) atoms. The van der Waals surface area contributed by atoms with Gasteiger partial charge in [-0.3, -0.25) is 9.51 Å². The Balaban J connectivity index is 2.98. The lowest BCUT2D eigenvalue weighted by molar-refractivity contribution is -0.0506. The van der Waals surface area contributed by atoms with Crippen molar-refractivity contribution in [2.24, 2.45) is 0 Å². The Morgan fingerprint density at radius 1 is 1.67 bits per heavy atom. The highest BCUT2D eigenvalue weighted by Crippen LogP contribution is 1.96. The largest absolute Gasteiger partial charge is 0.439 e. The van der Waals surface area contributed by atoms with Gasteiger partial charge in [-0.2, -0.15) is 0 Å². The van der Waals surface area contributed by atoms with E-state index in [4.69, 9.17) is 10.2 Å². The third-order valence-corrected chi connectivity index (χ3v) is 0.702. The number of nitrogens with zero attached hydrogens (tertiary/aromatic N) is 1. The van der Waals surface area contributed by atoms with Crippen LogP contribution in [-0.2, 0) is 0 Å². The number of hydrogen-bond donors (Lipinski definition) is 3. The molecule has 1 heterocycles. The number of aromatic amines is 1. The minimum Gasteiger partial charge on any atom is -0.362 e. The Labute approximate surface area is 48.7 Å². The van der Waals surface area contributed by atoms with Crippen molar-refractivity contribution in [3.63, 3.8) is 0 Å². The van der Waals surface area contributed by atoms with E-state index in [2.05, 4.69) is 9.68 Å². The summed E-state index contributed by atoms with van der Waals surface area (Å²) in [4.78, 5) is 12.0. The highest BCUT2D eigenvalue weighted by Gasteiger charge is 2.06. The molecule has 0 fully saturated rings. The highest BCUT2D eigenvalue weighted by molar-refractivity contribution is 4.77. The molecule has 1 aromatic heterocycles. The van der Waals surface area contributed by atoms with Gasteiger partial charge >= 0.3 is 5.76 Å². The van der Waals surface area contributed by atoms with Crippen LogP contribution in [0.3, 0.4) is 0 Å². The zero-order chi connectivity index (χ0) is 6.85. The van der Waals surface area contributed by atoms with Crippen LogP contribution in [0.25, 0.3) is 0 Å². The van der Waals surface area contributed by atoms with Gasteiger partial charge in [-0.1, -0.05) is 5.16 Å². The first-order valence-corrected chi connectivity index (χ1v) is 2.12. The molecule has 0 spiro atoms. The van der Waals surface area contributed by atoms with Crippen LogP contribution in [0.4, 0.5) is 0 Å². The van der Waals surface area contributed by atoms with Crippen LogP contribution in [0, 0.1) is 0 Å².